The molecule has 0 aromatic carbocycles. The molecule has 0 heterocycles. The van der Waals surface area contributed by atoms with Crippen molar-refractivity contribution in [2.45, 2.75) is 25.7 Å². The Morgan fingerprint density at radius 1 is 1.00 bits per heavy atom. The predicted molar refractivity (Wildman–Crippen MR) is 56.4 cm³/mol. The van der Waals surface area contributed by atoms with Crippen LogP contribution in [0.2, 0.25) is 0 Å². The van der Waals surface area contributed by atoms with Crippen molar-refractivity contribution in [1.29, 1.82) is 0 Å². The summed E-state index contributed by atoms with van der Waals surface area (Å²) in [6.07, 6.45) is 6.24. The molecule has 78 valence electrons. The highest BCUT2D eigenvalue weighted by molar-refractivity contribution is 4.91. The highest BCUT2D eigenvalue weighted by atomic mass is 14.9. The Labute approximate surface area is 81.2 Å². The first-order chi connectivity index (χ1) is 6.38. The minimum absolute atomic E-state index is 0.694. The van der Waals surface area contributed by atoms with Crippen molar-refractivity contribution in [1.82, 2.24) is 5.32 Å². The van der Waals surface area contributed by atoms with Gasteiger partial charge < -0.3 is 16.8 Å². The number of hydrogen-bond acceptors (Lipinski definition) is 3. The molecule has 2 unspecified atom stereocenters. The SMILES string of the molecule is C1CC2CC2C1.NCCNCCN. The monoisotopic (exact) mass is 185 g/mol. The first-order valence-corrected chi connectivity index (χ1v) is 5.49. The lowest BCUT2D eigenvalue weighted by atomic mass is 10.3. The van der Waals surface area contributed by atoms with Crippen LogP contribution in [0.5, 0.6) is 0 Å². The minimum Gasteiger partial charge on any atom is -0.329 e. The Morgan fingerprint density at radius 2 is 1.54 bits per heavy atom. The van der Waals surface area contributed by atoms with Crippen LogP contribution in [0.3, 0.4) is 0 Å². The topological polar surface area (TPSA) is 64.1 Å². The van der Waals surface area contributed by atoms with Gasteiger partial charge in [0.05, 0.1) is 0 Å². The standard InChI is InChI=1S/C6H10.C4H13N3/c1-2-5-4-6(5)3-1;5-1-3-7-4-2-6/h5-6H,1-4H2;7H,1-6H2. The third-order valence-corrected chi connectivity index (χ3v) is 2.86. The predicted octanol–water partition coefficient (Wildman–Crippen LogP) is 0.300. The van der Waals surface area contributed by atoms with Crippen molar-refractivity contribution in [2.24, 2.45) is 23.3 Å². The van der Waals surface area contributed by atoms with Crippen LogP contribution in [-0.2, 0) is 0 Å². The summed E-state index contributed by atoms with van der Waals surface area (Å²) in [4.78, 5) is 0. The van der Waals surface area contributed by atoms with Crippen LogP contribution in [0.15, 0.2) is 0 Å². The van der Waals surface area contributed by atoms with E-state index in [1.54, 1.807) is 19.3 Å². The number of hydrogen-bond donors (Lipinski definition) is 3. The third kappa shape index (κ3) is 4.60. The van der Waals surface area contributed by atoms with E-state index in [-0.39, 0.29) is 0 Å². The summed E-state index contributed by atoms with van der Waals surface area (Å²) >= 11 is 0. The fraction of sp³-hybridized carbons (Fsp3) is 1.00. The molecule has 0 aromatic heterocycles. The maximum atomic E-state index is 5.17. The zero-order valence-electron chi connectivity index (χ0n) is 8.47. The second-order valence-corrected chi connectivity index (χ2v) is 4.01. The summed E-state index contributed by atoms with van der Waals surface area (Å²) < 4.78 is 0. The van der Waals surface area contributed by atoms with Crippen molar-refractivity contribution in [3.63, 3.8) is 0 Å². The summed E-state index contributed by atoms with van der Waals surface area (Å²) in [5.74, 6) is 2.43. The van der Waals surface area contributed by atoms with Gasteiger partial charge in [0.25, 0.3) is 0 Å². The van der Waals surface area contributed by atoms with Gasteiger partial charge in [0, 0.05) is 26.2 Å². The average molecular weight is 185 g/mol. The van der Waals surface area contributed by atoms with E-state index in [9.17, 15) is 0 Å². The Balaban J connectivity index is 0.000000130. The molecule has 0 aliphatic heterocycles. The zero-order valence-corrected chi connectivity index (χ0v) is 8.47. The van der Waals surface area contributed by atoms with Gasteiger partial charge in [-0.1, -0.05) is 19.3 Å². The Morgan fingerprint density at radius 3 is 1.77 bits per heavy atom. The van der Waals surface area contributed by atoms with Crippen molar-refractivity contribution >= 4 is 0 Å². The minimum atomic E-state index is 0.694. The summed E-state index contributed by atoms with van der Waals surface area (Å²) in [7, 11) is 0. The molecule has 13 heavy (non-hydrogen) atoms. The van der Waals surface area contributed by atoms with E-state index in [4.69, 9.17) is 11.5 Å². The van der Waals surface area contributed by atoms with Crippen LogP contribution < -0.4 is 16.8 Å². The molecule has 2 aliphatic carbocycles. The van der Waals surface area contributed by atoms with E-state index in [2.05, 4.69) is 5.32 Å². The first-order valence-electron chi connectivity index (χ1n) is 5.49. The van der Waals surface area contributed by atoms with Crippen LogP contribution in [-0.4, -0.2) is 26.2 Å². The fourth-order valence-corrected chi connectivity index (χ4v) is 1.99. The third-order valence-electron chi connectivity index (χ3n) is 2.86. The summed E-state index contributed by atoms with van der Waals surface area (Å²) in [5.41, 5.74) is 10.3. The zero-order chi connectivity index (χ0) is 9.52. The molecule has 3 heteroatoms. The Hall–Kier alpha value is -0.120. The lowest BCUT2D eigenvalue weighted by Crippen LogP contribution is -2.27. The van der Waals surface area contributed by atoms with Gasteiger partial charge in [0.2, 0.25) is 0 Å². The number of nitrogens with two attached hydrogens (primary N) is 2. The van der Waals surface area contributed by atoms with Crippen molar-refractivity contribution in [3.05, 3.63) is 0 Å². The van der Waals surface area contributed by atoms with Gasteiger partial charge in [-0.15, -0.1) is 0 Å². The molecule has 0 amide bonds. The molecule has 2 aliphatic rings. The van der Waals surface area contributed by atoms with Crippen molar-refractivity contribution in [3.8, 4) is 0 Å². The molecule has 0 saturated heterocycles. The van der Waals surface area contributed by atoms with Crippen LogP contribution in [0.25, 0.3) is 0 Å². The molecule has 0 aromatic rings. The van der Waals surface area contributed by atoms with Crippen LogP contribution >= 0.6 is 0 Å². The van der Waals surface area contributed by atoms with Crippen LogP contribution in [0.4, 0.5) is 0 Å². The van der Waals surface area contributed by atoms with E-state index in [0.717, 1.165) is 13.1 Å². The maximum Gasteiger partial charge on any atom is 0.00750 e. The molecule has 2 saturated carbocycles. The van der Waals surface area contributed by atoms with Gasteiger partial charge in [-0.3, -0.25) is 0 Å². The maximum absolute atomic E-state index is 5.17. The average Bonchev–Trinajstić information content (AvgIpc) is 2.76. The first kappa shape index (κ1) is 11.0. The summed E-state index contributed by atoms with van der Waals surface area (Å²) in [5, 5.41) is 3.03. The molecule has 2 fully saturated rings. The van der Waals surface area contributed by atoms with Gasteiger partial charge in [-0.2, -0.15) is 0 Å². The quantitative estimate of drug-likeness (QED) is 0.552. The Kier molecular flexibility index (Phi) is 5.35. The van der Waals surface area contributed by atoms with Crippen molar-refractivity contribution in [2.75, 3.05) is 26.2 Å². The lowest BCUT2D eigenvalue weighted by Gasteiger charge is -1.95. The van der Waals surface area contributed by atoms with Gasteiger partial charge in [0.1, 0.15) is 0 Å². The van der Waals surface area contributed by atoms with E-state index < -0.39 is 0 Å². The van der Waals surface area contributed by atoms with Crippen LogP contribution in [0.1, 0.15) is 25.7 Å². The van der Waals surface area contributed by atoms with Gasteiger partial charge in [-0.05, 0) is 18.3 Å². The summed E-state index contributed by atoms with van der Waals surface area (Å²) in [6.45, 7) is 3.13. The lowest BCUT2D eigenvalue weighted by molar-refractivity contribution is 0.696. The van der Waals surface area contributed by atoms with E-state index in [1.165, 1.54) is 18.3 Å². The summed E-state index contributed by atoms with van der Waals surface area (Å²) in [6, 6.07) is 0. The number of nitrogens with one attached hydrogen (secondary N) is 1. The van der Waals surface area contributed by atoms with Gasteiger partial charge >= 0.3 is 0 Å². The smallest absolute Gasteiger partial charge is 0.00750 e. The van der Waals surface area contributed by atoms with Crippen molar-refractivity contribution < 1.29 is 0 Å². The molecule has 0 radical (unpaired) electrons. The van der Waals surface area contributed by atoms with Gasteiger partial charge in [-0.25, -0.2) is 0 Å². The highest BCUT2D eigenvalue weighted by Gasteiger charge is 2.40. The highest BCUT2D eigenvalue weighted by Crippen LogP contribution is 2.51. The van der Waals surface area contributed by atoms with E-state index >= 15 is 0 Å². The molecule has 3 nitrogen and oxygen atoms in total. The number of fused-ring (bicyclic) bond motifs is 1. The van der Waals surface area contributed by atoms with Crippen LogP contribution in [0, 0.1) is 11.8 Å². The largest absolute Gasteiger partial charge is 0.329 e. The number of rotatable bonds is 4. The molecule has 2 rings (SSSR count). The second-order valence-electron chi connectivity index (χ2n) is 4.01. The Bertz CT molecular complexity index is 115. The van der Waals surface area contributed by atoms with E-state index in [0.29, 0.717) is 13.1 Å². The molecule has 2 atom stereocenters. The molecule has 5 N–H and O–H groups in total. The molecular weight excluding hydrogens is 162 g/mol. The molecular formula is C10H23N3. The second kappa shape index (κ2) is 6.35. The normalized spacial score (nSPS) is 29.1. The molecule has 0 spiro atoms. The molecule has 0 bridgehead atoms. The fourth-order valence-electron chi connectivity index (χ4n) is 1.99. The van der Waals surface area contributed by atoms with Gasteiger partial charge in [0.15, 0.2) is 0 Å². The van der Waals surface area contributed by atoms with E-state index in [1.807, 2.05) is 0 Å².